The van der Waals surface area contributed by atoms with Gasteiger partial charge < -0.3 is 4.57 Å². The Labute approximate surface area is 127 Å². The van der Waals surface area contributed by atoms with Crippen LogP contribution in [-0.4, -0.2) is 37.8 Å². The lowest BCUT2D eigenvalue weighted by Crippen LogP contribution is -2.26. The van der Waals surface area contributed by atoms with E-state index >= 15 is 0 Å². The van der Waals surface area contributed by atoms with Gasteiger partial charge in [-0.2, -0.15) is 11.8 Å². The SMILES string of the molecule is CCn1c(CC(=O)C2CSCCS2)nc2ccccc21. The molecule has 0 spiro atoms. The molecule has 0 aliphatic carbocycles. The fourth-order valence-corrected chi connectivity index (χ4v) is 5.21. The molecule has 20 heavy (non-hydrogen) atoms. The molecule has 3 rings (SSSR count). The zero-order valence-electron chi connectivity index (χ0n) is 11.5. The van der Waals surface area contributed by atoms with E-state index in [1.807, 2.05) is 30.0 Å². The number of carbonyl (C=O) groups excluding carboxylic acids is 1. The number of carbonyl (C=O) groups is 1. The summed E-state index contributed by atoms with van der Waals surface area (Å²) in [6.07, 6.45) is 0.459. The number of benzene rings is 1. The normalized spacial score (nSPS) is 19.4. The Balaban J connectivity index is 1.84. The number of hydrogen-bond acceptors (Lipinski definition) is 4. The summed E-state index contributed by atoms with van der Waals surface area (Å²) in [6.45, 7) is 2.96. The van der Waals surface area contributed by atoms with Crippen LogP contribution in [0.4, 0.5) is 0 Å². The van der Waals surface area contributed by atoms with Crippen molar-refractivity contribution in [1.29, 1.82) is 0 Å². The zero-order chi connectivity index (χ0) is 13.9. The maximum Gasteiger partial charge on any atom is 0.154 e. The second-order valence-electron chi connectivity index (χ2n) is 4.84. The van der Waals surface area contributed by atoms with E-state index < -0.39 is 0 Å². The molecule has 5 heteroatoms. The van der Waals surface area contributed by atoms with Gasteiger partial charge in [-0.25, -0.2) is 4.98 Å². The largest absolute Gasteiger partial charge is 0.328 e. The quantitative estimate of drug-likeness (QED) is 0.870. The molecule has 1 aliphatic rings. The van der Waals surface area contributed by atoms with Gasteiger partial charge in [0.1, 0.15) is 5.82 Å². The zero-order valence-corrected chi connectivity index (χ0v) is 13.2. The van der Waals surface area contributed by atoms with Gasteiger partial charge in [0.15, 0.2) is 5.78 Å². The average Bonchev–Trinajstić information content (AvgIpc) is 2.85. The number of aromatic nitrogens is 2. The van der Waals surface area contributed by atoms with E-state index in [-0.39, 0.29) is 5.25 Å². The van der Waals surface area contributed by atoms with Crippen LogP contribution in [0.15, 0.2) is 24.3 Å². The topological polar surface area (TPSA) is 34.9 Å². The first-order valence-electron chi connectivity index (χ1n) is 6.95. The van der Waals surface area contributed by atoms with E-state index in [1.54, 1.807) is 11.8 Å². The predicted molar refractivity (Wildman–Crippen MR) is 87.7 cm³/mol. The fraction of sp³-hybridized carbons (Fsp3) is 0.467. The van der Waals surface area contributed by atoms with Crippen molar-refractivity contribution in [3.63, 3.8) is 0 Å². The van der Waals surface area contributed by atoms with Crippen molar-refractivity contribution in [3.05, 3.63) is 30.1 Å². The summed E-state index contributed by atoms with van der Waals surface area (Å²) in [4.78, 5) is 17.1. The van der Waals surface area contributed by atoms with Gasteiger partial charge >= 0.3 is 0 Å². The maximum absolute atomic E-state index is 12.4. The third kappa shape index (κ3) is 2.74. The summed E-state index contributed by atoms with van der Waals surface area (Å²) in [6, 6.07) is 8.11. The molecular weight excluding hydrogens is 288 g/mol. The number of nitrogens with zero attached hydrogens (tertiary/aromatic N) is 2. The van der Waals surface area contributed by atoms with Crippen molar-refractivity contribution in [2.45, 2.75) is 25.1 Å². The highest BCUT2D eigenvalue weighted by Crippen LogP contribution is 2.26. The second kappa shape index (κ2) is 6.22. The Morgan fingerprint density at radius 1 is 1.40 bits per heavy atom. The summed E-state index contributed by atoms with van der Waals surface area (Å²) in [5, 5.41) is 0.152. The molecule has 1 aromatic heterocycles. The number of rotatable bonds is 4. The minimum atomic E-state index is 0.152. The van der Waals surface area contributed by atoms with Crippen LogP contribution >= 0.6 is 23.5 Å². The van der Waals surface area contributed by atoms with Gasteiger partial charge in [-0.3, -0.25) is 4.79 Å². The summed E-state index contributed by atoms with van der Waals surface area (Å²) in [5.74, 6) is 4.45. The number of imidazole rings is 1. The molecular formula is C15H18N2OS2. The Hall–Kier alpha value is -0.940. The highest BCUT2D eigenvalue weighted by molar-refractivity contribution is 8.07. The minimum Gasteiger partial charge on any atom is -0.328 e. The number of hydrogen-bond donors (Lipinski definition) is 0. The van der Waals surface area contributed by atoms with E-state index in [0.29, 0.717) is 12.2 Å². The number of para-hydroxylation sites is 2. The van der Waals surface area contributed by atoms with Crippen LogP contribution in [0.25, 0.3) is 11.0 Å². The molecule has 0 amide bonds. The minimum absolute atomic E-state index is 0.152. The van der Waals surface area contributed by atoms with Crippen LogP contribution < -0.4 is 0 Å². The maximum atomic E-state index is 12.4. The van der Waals surface area contributed by atoms with Gasteiger partial charge in [-0.05, 0) is 19.1 Å². The van der Waals surface area contributed by atoms with Crippen molar-refractivity contribution in [2.24, 2.45) is 0 Å². The van der Waals surface area contributed by atoms with Crippen LogP contribution in [0.3, 0.4) is 0 Å². The van der Waals surface area contributed by atoms with E-state index in [4.69, 9.17) is 0 Å². The van der Waals surface area contributed by atoms with Crippen molar-refractivity contribution >= 4 is 40.3 Å². The van der Waals surface area contributed by atoms with E-state index in [1.165, 1.54) is 5.75 Å². The van der Waals surface area contributed by atoms with Crippen molar-refractivity contribution in [1.82, 2.24) is 9.55 Å². The van der Waals surface area contributed by atoms with E-state index in [2.05, 4.69) is 22.5 Å². The number of thioether (sulfide) groups is 2. The molecule has 1 saturated heterocycles. The third-order valence-corrected chi connectivity index (χ3v) is 6.36. The Morgan fingerprint density at radius 3 is 3.00 bits per heavy atom. The van der Waals surface area contributed by atoms with Gasteiger partial charge in [-0.15, -0.1) is 11.8 Å². The average molecular weight is 306 g/mol. The van der Waals surface area contributed by atoms with Crippen LogP contribution in [0, 0.1) is 0 Å². The predicted octanol–water partition coefficient (Wildman–Crippen LogP) is 3.02. The summed E-state index contributed by atoms with van der Waals surface area (Å²) >= 11 is 3.69. The third-order valence-electron chi connectivity index (χ3n) is 3.56. The molecule has 1 unspecified atom stereocenters. The van der Waals surface area contributed by atoms with Crippen molar-refractivity contribution in [2.75, 3.05) is 17.3 Å². The summed E-state index contributed by atoms with van der Waals surface area (Å²) in [7, 11) is 0. The fourth-order valence-electron chi connectivity index (χ4n) is 2.56. The molecule has 1 atom stereocenters. The molecule has 1 fully saturated rings. The molecule has 106 valence electrons. The van der Waals surface area contributed by atoms with Crippen molar-refractivity contribution < 1.29 is 4.79 Å². The Bertz CT molecular complexity index is 617. The summed E-state index contributed by atoms with van der Waals surface area (Å²) < 4.78 is 2.16. The number of Topliss-reactive ketones (excluding diaryl/α,β-unsaturated/α-hetero) is 1. The van der Waals surface area contributed by atoms with Gasteiger partial charge in [0.25, 0.3) is 0 Å². The monoisotopic (exact) mass is 306 g/mol. The molecule has 3 nitrogen and oxygen atoms in total. The molecule has 0 saturated carbocycles. The number of ketones is 1. The molecule has 0 N–H and O–H groups in total. The van der Waals surface area contributed by atoms with E-state index in [9.17, 15) is 4.79 Å². The highest BCUT2D eigenvalue weighted by Gasteiger charge is 2.24. The lowest BCUT2D eigenvalue weighted by molar-refractivity contribution is -0.117. The van der Waals surface area contributed by atoms with Gasteiger partial charge in [0, 0.05) is 23.8 Å². The van der Waals surface area contributed by atoms with Gasteiger partial charge in [-0.1, -0.05) is 12.1 Å². The molecule has 2 heterocycles. The first-order valence-corrected chi connectivity index (χ1v) is 9.16. The highest BCUT2D eigenvalue weighted by atomic mass is 32.2. The molecule has 1 aliphatic heterocycles. The van der Waals surface area contributed by atoms with Crippen molar-refractivity contribution in [3.8, 4) is 0 Å². The first-order chi connectivity index (χ1) is 9.79. The Kier molecular flexibility index (Phi) is 4.36. The lowest BCUT2D eigenvalue weighted by atomic mass is 10.2. The molecule has 2 aromatic rings. The van der Waals surface area contributed by atoms with Gasteiger partial charge in [0.05, 0.1) is 22.7 Å². The van der Waals surface area contributed by atoms with Crippen LogP contribution in [-0.2, 0) is 17.8 Å². The standard InChI is InChI=1S/C15H18N2OS2/c1-2-17-12-6-4-3-5-11(12)16-15(17)9-13(18)14-10-19-7-8-20-14/h3-6,14H,2,7-10H2,1H3. The number of aryl methyl sites for hydroxylation is 1. The molecule has 0 radical (unpaired) electrons. The van der Waals surface area contributed by atoms with Crippen LogP contribution in [0.5, 0.6) is 0 Å². The van der Waals surface area contributed by atoms with Crippen LogP contribution in [0.2, 0.25) is 0 Å². The molecule has 0 bridgehead atoms. The van der Waals surface area contributed by atoms with E-state index in [0.717, 1.165) is 34.9 Å². The van der Waals surface area contributed by atoms with Gasteiger partial charge in [0.2, 0.25) is 0 Å². The summed E-state index contributed by atoms with van der Waals surface area (Å²) in [5.41, 5.74) is 2.12. The second-order valence-corrected chi connectivity index (χ2v) is 7.30. The molecule has 1 aromatic carbocycles. The first kappa shape index (κ1) is 14.0. The Morgan fingerprint density at radius 2 is 2.25 bits per heavy atom. The van der Waals surface area contributed by atoms with Crippen LogP contribution in [0.1, 0.15) is 12.7 Å². The number of fused-ring (bicyclic) bond motifs is 1. The lowest BCUT2D eigenvalue weighted by Gasteiger charge is -2.19. The smallest absolute Gasteiger partial charge is 0.154 e.